The van der Waals surface area contributed by atoms with Gasteiger partial charge in [0.2, 0.25) is 0 Å². The first-order valence-electron chi connectivity index (χ1n) is 6.00. The summed E-state index contributed by atoms with van der Waals surface area (Å²) in [5, 5.41) is 2.96. The number of nitrogen functional groups attached to an aromatic ring is 1. The van der Waals surface area contributed by atoms with Crippen molar-refractivity contribution in [1.29, 1.82) is 0 Å². The number of carbonyl (C=O) groups is 1. The molecule has 0 radical (unpaired) electrons. The van der Waals surface area contributed by atoms with Crippen LogP contribution in [0.3, 0.4) is 0 Å². The van der Waals surface area contributed by atoms with E-state index in [4.69, 9.17) is 22.1 Å². The van der Waals surface area contributed by atoms with E-state index in [1.807, 2.05) is 0 Å². The molecule has 1 aromatic heterocycles. The second-order valence-electron chi connectivity index (χ2n) is 5.08. The van der Waals surface area contributed by atoms with E-state index in [2.05, 4.69) is 5.32 Å². The maximum Gasteiger partial charge on any atom is 0.407 e. The summed E-state index contributed by atoms with van der Waals surface area (Å²) < 4.78 is 27.2. The summed E-state index contributed by atoms with van der Waals surface area (Å²) in [5.41, 5.74) is 5.35. The highest BCUT2D eigenvalue weighted by molar-refractivity contribution is 7.81. The summed E-state index contributed by atoms with van der Waals surface area (Å²) in [6.45, 7) is 5.49. The van der Waals surface area contributed by atoms with Crippen molar-refractivity contribution in [3.05, 3.63) is 10.4 Å². The van der Waals surface area contributed by atoms with Crippen molar-refractivity contribution >= 4 is 51.0 Å². The first-order valence-corrected chi connectivity index (χ1v) is 8.26. The Bertz CT molecular complexity index is 511. The fraction of sp³-hybridized carbons (Fsp3) is 0.545. The van der Waals surface area contributed by atoms with Crippen molar-refractivity contribution in [2.75, 3.05) is 23.1 Å². The van der Waals surface area contributed by atoms with Crippen LogP contribution in [-0.4, -0.2) is 33.5 Å². The van der Waals surface area contributed by atoms with Gasteiger partial charge in [-0.15, -0.1) is 11.3 Å². The van der Waals surface area contributed by atoms with E-state index in [0.29, 0.717) is 15.0 Å². The van der Waals surface area contributed by atoms with Gasteiger partial charge in [-0.25, -0.2) is 9.00 Å². The van der Waals surface area contributed by atoms with Gasteiger partial charge in [-0.2, -0.15) is 0 Å². The van der Waals surface area contributed by atoms with Crippen LogP contribution in [-0.2, 0) is 16.0 Å². The Morgan fingerprint density at radius 3 is 2.67 bits per heavy atom. The molecule has 0 fully saturated rings. The van der Waals surface area contributed by atoms with E-state index < -0.39 is 23.0 Å². The largest absolute Gasteiger partial charge is 0.444 e. The Morgan fingerprint density at radius 2 is 2.24 bits per heavy atom. The van der Waals surface area contributed by atoms with Gasteiger partial charge in [0.25, 0.3) is 11.3 Å². The molecule has 10 heteroatoms. The Morgan fingerprint density at radius 1 is 1.62 bits per heavy atom. The molecule has 0 aromatic carbocycles. The number of nitrogens with zero attached hydrogens (tertiary/aromatic N) is 1. The maximum atomic E-state index is 11.5. The summed E-state index contributed by atoms with van der Waals surface area (Å²) in [7, 11) is 0. The maximum absolute atomic E-state index is 11.5. The van der Waals surface area contributed by atoms with E-state index in [-0.39, 0.29) is 13.1 Å². The molecular weight excluding hydrogens is 338 g/mol. The van der Waals surface area contributed by atoms with Gasteiger partial charge in [0.05, 0.1) is 12.2 Å². The fourth-order valence-corrected chi connectivity index (χ4v) is 3.12. The number of nitrogens with one attached hydrogen (secondary N) is 1. The molecule has 1 aromatic rings. The minimum absolute atomic E-state index is 0.110. The molecule has 1 heterocycles. The van der Waals surface area contributed by atoms with Gasteiger partial charge >= 0.3 is 6.09 Å². The molecular formula is C11H18ClN3O4S2. The van der Waals surface area contributed by atoms with Gasteiger partial charge in [0.15, 0.2) is 0 Å². The third kappa shape index (κ3) is 6.08. The summed E-state index contributed by atoms with van der Waals surface area (Å²) in [6, 6.07) is 1.51. The zero-order chi connectivity index (χ0) is 16.2. The minimum atomic E-state index is -2.25. The summed E-state index contributed by atoms with van der Waals surface area (Å²) in [4.78, 5) is 11.5. The van der Waals surface area contributed by atoms with Crippen molar-refractivity contribution in [1.82, 2.24) is 5.32 Å². The normalized spacial score (nSPS) is 12.8. The third-order valence-corrected chi connectivity index (χ3v) is 4.40. The van der Waals surface area contributed by atoms with E-state index in [9.17, 15) is 13.6 Å². The van der Waals surface area contributed by atoms with Crippen LogP contribution in [0.4, 0.5) is 15.5 Å². The van der Waals surface area contributed by atoms with Crippen LogP contribution in [0, 0.1) is 0 Å². The zero-order valence-corrected chi connectivity index (χ0v) is 14.3. The number of ether oxygens (including phenoxy) is 1. The lowest BCUT2D eigenvalue weighted by atomic mass is 10.2. The SMILES string of the molecule is CC(C)(C)OC(=O)NCCN(c1cc(N)c(Cl)s1)S(=O)O. The summed E-state index contributed by atoms with van der Waals surface area (Å²) in [6.07, 6.45) is -0.588. The quantitative estimate of drug-likeness (QED) is 0.703. The van der Waals surface area contributed by atoms with Crippen LogP contribution in [0.1, 0.15) is 20.8 Å². The molecule has 7 nitrogen and oxygen atoms in total. The van der Waals surface area contributed by atoms with E-state index in [1.165, 1.54) is 10.4 Å². The topological polar surface area (TPSA) is 105 Å². The van der Waals surface area contributed by atoms with Crippen molar-refractivity contribution in [3.63, 3.8) is 0 Å². The van der Waals surface area contributed by atoms with Crippen molar-refractivity contribution in [2.45, 2.75) is 26.4 Å². The number of alkyl carbamates (subject to hydrolysis) is 1. The number of halogens is 1. The van der Waals surface area contributed by atoms with Crippen molar-refractivity contribution in [2.24, 2.45) is 0 Å². The van der Waals surface area contributed by atoms with Gasteiger partial charge in [-0.3, -0.25) is 8.86 Å². The van der Waals surface area contributed by atoms with E-state index in [1.54, 1.807) is 20.8 Å². The Hall–Kier alpha value is -1.03. The number of carbonyl (C=O) groups excluding carboxylic acids is 1. The standard InChI is InChI=1S/C11H18ClN3O4S2/c1-11(2,3)19-10(16)14-4-5-15(21(17)18)8-6-7(13)9(12)20-8/h6H,4-5,13H2,1-3H3,(H,14,16)(H,17,18). The Balaban J connectivity index is 2.57. The zero-order valence-electron chi connectivity index (χ0n) is 11.9. The molecule has 1 unspecified atom stereocenters. The number of hydrogen-bond acceptors (Lipinski definition) is 5. The molecule has 1 rings (SSSR count). The van der Waals surface area contributed by atoms with Crippen molar-refractivity contribution in [3.8, 4) is 0 Å². The predicted molar refractivity (Wildman–Crippen MR) is 86.1 cm³/mol. The second-order valence-corrected chi connectivity index (χ2v) is 7.61. The van der Waals surface area contributed by atoms with Crippen LogP contribution in [0.15, 0.2) is 6.07 Å². The highest BCUT2D eigenvalue weighted by Gasteiger charge is 2.19. The molecule has 1 amide bonds. The van der Waals surface area contributed by atoms with Gasteiger partial charge in [0, 0.05) is 6.54 Å². The first kappa shape index (κ1) is 18.0. The molecule has 0 aliphatic rings. The smallest absolute Gasteiger partial charge is 0.407 e. The van der Waals surface area contributed by atoms with E-state index >= 15 is 0 Å². The average Bonchev–Trinajstić information content (AvgIpc) is 2.62. The lowest BCUT2D eigenvalue weighted by molar-refractivity contribution is 0.0529. The lowest BCUT2D eigenvalue weighted by Gasteiger charge is -2.21. The number of anilines is 2. The molecule has 0 saturated heterocycles. The van der Waals surface area contributed by atoms with Gasteiger partial charge in [-0.05, 0) is 26.8 Å². The van der Waals surface area contributed by atoms with Gasteiger partial charge in [0.1, 0.15) is 14.9 Å². The number of nitrogens with two attached hydrogens (primary N) is 1. The summed E-state index contributed by atoms with van der Waals surface area (Å²) in [5.74, 6) is 0. The van der Waals surface area contributed by atoms with Crippen LogP contribution in [0.5, 0.6) is 0 Å². The van der Waals surface area contributed by atoms with Crippen molar-refractivity contribution < 1.29 is 18.3 Å². The molecule has 1 atom stereocenters. The minimum Gasteiger partial charge on any atom is -0.444 e. The number of rotatable bonds is 5. The molecule has 0 aliphatic heterocycles. The molecule has 0 saturated carbocycles. The Kier molecular flexibility index (Phi) is 6.26. The lowest BCUT2D eigenvalue weighted by Crippen LogP contribution is -2.38. The molecule has 120 valence electrons. The van der Waals surface area contributed by atoms with E-state index in [0.717, 1.165) is 11.3 Å². The average molecular weight is 356 g/mol. The molecule has 4 N–H and O–H groups in total. The molecule has 0 spiro atoms. The van der Waals surface area contributed by atoms with Crippen LogP contribution < -0.4 is 15.4 Å². The molecule has 0 bridgehead atoms. The number of hydrogen-bond donors (Lipinski definition) is 3. The fourth-order valence-electron chi connectivity index (χ4n) is 1.33. The van der Waals surface area contributed by atoms with Gasteiger partial charge < -0.3 is 15.8 Å². The highest BCUT2D eigenvalue weighted by atomic mass is 35.5. The monoisotopic (exact) mass is 355 g/mol. The highest BCUT2D eigenvalue weighted by Crippen LogP contribution is 2.36. The number of thiophene rings is 1. The predicted octanol–water partition coefficient (Wildman–Crippen LogP) is 2.45. The summed E-state index contributed by atoms with van der Waals surface area (Å²) >= 11 is 4.68. The van der Waals surface area contributed by atoms with Crippen LogP contribution >= 0.6 is 22.9 Å². The molecule has 21 heavy (non-hydrogen) atoms. The number of amides is 1. The van der Waals surface area contributed by atoms with Gasteiger partial charge in [-0.1, -0.05) is 11.6 Å². The third-order valence-electron chi connectivity index (χ3n) is 2.12. The Labute approximate surface area is 134 Å². The van der Waals surface area contributed by atoms with Crippen LogP contribution in [0.2, 0.25) is 4.34 Å². The molecule has 0 aliphatic carbocycles. The van der Waals surface area contributed by atoms with Crippen LogP contribution in [0.25, 0.3) is 0 Å². The first-order chi connectivity index (χ1) is 9.60. The second kappa shape index (κ2) is 7.30.